The Morgan fingerprint density at radius 3 is 2.90 bits per heavy atom. The molecule has 1 saturated carbocycles. The maximum atomic E-state index is 12.6. The Balaban J connectivity index is 1.21. The van der Waals surface area contributed by atoms with E-state index in [1.807, 2.05) is 11.0 Å². The predicted molar refractivity (Wildman–Crippen MR) is 160 cm³/mol. The monoisotopic (exact) mass is 580 g/mol. The first-order chi connectivity index (χ1) is 19.9. The molecular weight excluding hydrogens is 536 g/mol. The lowest BCUT2D eigenvalue weighted by atomic mass is 9.59. The number of amides is 1. The van der Waals surface area contributed by atoms with Gasteiger partial charge in [0.2, 0.25) is 5.91 Å². The molecule has 2 N–H and O–H groups in total. The number of hydrogen-bond donors (Lipinski definition) is 2. The standard InChI is InChI=1S/C32H45ClN6O2/c1-3-29(40)39-17-16-38(20-23(39)11-14-34)30-26-10-13-32(12-9-25-22(18-32)6-4-8-27(25)33)19-28(26)35-31(36-30)41-21-24-7-5-15-37(24)2/h3-4,6,8,23-24,26,28,30-31,35-36H,1,5,7,9-13,15-21H2,2H3/t23?,24?,26?,28?,30?,31?,32-/m1/s1. The summed E-state index contributed by atoms with van der Waals surface area (Å²) in [5, 5.41) is 18.2. The van der Waals surface area contributed by atoms with Crippen LogP contribution in [0.4, 0.5) is 0 Å². The lowest BCUT2D eigenvalue weighted by Crippen LogP contribution is -2.72. The number of ether oxygens (including phenoxy) is 1. The van der Waals surface area contributed by atoms with Crippen LogP contribution in [0.2, 0.25) is 5.02 Å². The molecule has 4 fully saturated rings. The summed E-state index contributed by atoms with van der Waals surface area (Å²) in [6, 6.07) is 9.38. The molecule has 3 heterocycles. The quantitative estimate of drug-likeness (QED) is 0.498. The van der Waals surface area contributed by atoms with Gasteiger partial charge in [-0.05, 0) is 93.6 Å². The van der Waals surface area contributed by atoms with Crippen LogP contribution in [0.25, 0.3) is 0 Å². The van der Waals surface area contributed by atoms with Gasteiger partial charge in [-0.3, -0.25) is 20.3 Å². The molecule has 7 atom stereocenters. The largest absolute Gasteiger partial charge is 0.348 e. The van der Waals surface area contributed by atoms with Gasteiger partial charge in [0, 0.05) is 42.7 Å². The van der Waals surface area contributed by atoms with Crippen LogP contribution in [0.15, 0.2) is 30.9 Å². The molecule has 1 amide bonds. The van der Waals surface area contributed by atoms with Crippen molar-refractivity contribution < 1.29 is 9.53 Å². The van der Waals surface area contributed by atoms with Crippen molar-refractivity contribution in [1.82, 2.24) is 25.3 Å². The van der Waals surface area contributed by atoms with Gasteiger partial charge in [-0.2, -0.15) is 5.26 Å². The van der Waals surface area contributed by atoms with Crippen molar-refractivity contribution in [2.75, 3.05) is 39.8 Å². The Morgan fingerprint density at radius 1 is 1.24 bits per heavy atom. The minimum absolute atomic E-state index is 0.0831. The van der Waals surface area contributed by atoms with Crippen LogP contribution in [0, 0.1) is 22.7 Å². The number of nitrogens with one attached hydrogen (secondary N) is 2. The zero-order chi connectivity index (χ0) is 28.6. The fourth-order valence-corrected chi connectivity index (χ4v) is 8.77. The van der Waals surface area contributed by atoms with Crippen LogP contribution < -0.4 is 10.6 Å². The van der Waals surface area contributed by atoms with Gasteiger partial charge in [0.25, 0.3) is 0 Å². The molecule has 1 spiro atoms. The predicted octanol–water partition coefficient (Wildman–Crippen LogP) is 3.51. The highest BCUT2D eigenvalue weighted by Gasteiger charge is 2.50. The highest BCUT2D eigenvalue weighted by molar-refractivity contribution is 6.31. The van der Waals surface area contributed by atoms with E-state index in [1.54, 1.807) is 0 Å². The van der Waals surface area contributed by atoms with Crippen molar-refractivity contribution in [2.24, 2.45) is 11.3 Å². The molecule has 222 valence electrons. The van der Waals surface area contributed by atoms with Gasteiger partial charge in [0.05, 0.1) is 31.3 Å². The van der Waals surface area contributed by atoms with Gasteiger partial charge in [0.15, 0.2) is 6.35 Å². The molecular formula is C32H45ClN6O2. The molecule has 1 aromatic carbocycles. The fourth-order valence-electron chi connectivity index (χ4n) is 8.48. The van der Waals surface area contributed by atoms with E-state index in [9.17, 15) is 10.1 Å². The van der Waals surface area contributed by atoms with Crippen molar-refractivity contribution in [3.05, 3.63) is 47.0 Å². The van der Waals surface area contributed by atoms with Crippen LogP contribution in [0.3, 0.4) is 0 Å². The summed E-state index contributed by atoms with van der Waals surface area (Å²) in [5.74, 6) is 0.347. The molecule has 0 bridgehead atoms. The molecule has 0 radical (unpaired) electrons. The summed E-state index contributed by atoms with van der Waals surface area (Å²) in [5.41, 5.74) is 3.05. The average Bonchev–Trinajstić information content (AvgIpc) is 3.39. The van der Waals surface area contributed by atoms with Crippen molar-refractivity contribution in [3.8, 4) is 6.07 Å². The summed E-state index contributed by atoms with van der Waals surface area (Å²) in [7, 11) is 2.19. The Hall–Kier alpha value is -1.99. The van der Waals surface area contributed by atoms with Crippen molar-refractivity contribution in [2.45, 2.75) is 88.4 Å². The number of carbonyl (C=O) groups is 1. The van der Waals surface area contributed by atoms with E-state index >= 15 is 0 Å². The van der Waals surface area contributed by atoms with E-state index in [1.165, 1.54) is 42.9 Å². The Bertz CT molecular complexity index is 1170. The van der Waals surface area contributed by atoms with E-state index in [0.29, 0.717) is 44.1 Å². The Morgan fingerprint density at radius 2 is 2.12 bits per heavy atom. The van der Waals surface area contributed by atoms with Gasteiger partial charge in [0.1, 0.15) is 0 Å². The number of benzene rings is 1. The highest BCUT2D eigenvalue weighted by atomic mass is 35.5. The normalized spacial score (nSPS) is 36.0. The topological polar surface area (TPSA) is 83.9 Å². The number of likely N-dealkylation sites (N-methyl/N-ethyl adjacent to an activating group) is 1. The van der Waals surface area contributed by atoms with Gasteiger partial charge in [-0.15, -0.1) is 0 Å². The van der Waals surface area contributed by atoms with E-state index in [0.717, 1.165) is 43.8 Å². The average molecular weight is 581 g/mol. The van der Waals surface area contributed by atoms with Crippen molar-refractivity contribution in [1.29, 1.82) is 5.26 Å². The minimum Gasteiger partial charge on any atom is -0.348 e. The maximum Gasteiger partial charge on any atom is 0.246 e. The van der Waals surface area contributed by atoms with Crippen LogP contribution >= 0.6 is 11.6 Å². The second-order valence-corrected chi connectivity index (χ2v) is 13.5. The number of nitrogens with zero attached hydrogens (tertiary/aromatic N) is 4. The van der Waals surface area contributed by atoms with Gasteiger partial charge in [-0.25, -0.2) is 0 Å². The summed E-state index contributed by atoms with van der Waals surface area (Å²) in [6.45, 7) is 7.60. The zero-order valence-electron chi connectivity index (χ0n) is 24.4. The summed E-state index contributed by atoms with van der Waals surface area (Å²) in [6.07, 6.45) is 10.8. The Kier molecular flexibility index (Phi) is 8.74. The lowest BCUT2D eigenvalue weighted by molar-refractivity contribution is -0.137. The van der Waals surface area contributed by atoms with Crippen LogP contribution in [0.1, 0.15) is 56.1 Å². The van der Waals surface area contributed by atoms with Crippen LogP contribution in [-0.2, 0) is 22.4 Å². The van der Waals surface area contributed by atoms with Crippen LogP contribution in [-0.4, -0.2) is 91.1 Å². The van der Waals surface area contributed by atoms with E-state index in [4.69, 9.17) is 16.3 Å². The molecule has 6 unspecified atom stereocenters. The van der Waals surface area contributed by atoms with Gasteiger partial charge >= 0.3 is 0 Å². The third-order valence-corrected chi connectivity index (χ3v) is 11.1. The number of carbonyl (C=O) groups excluding carboxylic acids is 1. The summed E-state index contributed by atoms with van der Waals surface area (Å²) < 4.78 is 6.57. The minimum atomic E-state index is -0.224. The van der Waals surface area contributed by atoms with Gasteiger partial charge < -0.3 is 14.5 Å². The third-order valence-electron chi connectivity index (χ3n) is 10.8. The fraction of sp³-hybridized carbons (Fsp3) is 0.688. The first-order valence-electron chi connectivity index (χ1n) is 15.5. The number of halogens is 1. The molecule has 41 heavy (non-hydrogen) atoms. The number of hydrogen-bond acceptors (Lipinski definition) is 7. The molecule has 9 heteroatoms. The second-order valence-electron chi connectivity index (χ2n) is 13.1. The summed E-state index contributed by atoms with van der Waals surface area (Å²) >= 11 is 6.58. The maximum absolute atomic E-state index is 12.6. The first kappa shape index (κ1) is 29.1. The third kappa shape index (κ3) is 5.95. The number of nitriles is 1. The molecule has 8 nitrogen and oxygen atoms in total. The molecule has 1 aromatic rings. The second kappa shape index (κ2) is 12.3. The Labute approximate surface area is 250 Å². The van der Waals surface area contributed by atoms with Gasteiger partial charge in [-0.1, -0.05) is 30.3 Å². The molecule has 3 saturated heterocycles. The lowest BCUT2D eigenvalue weighted by Gasteiger charge is -2.56. The zero-order valence-corrected chi connectivity index (χ0v) is 25.1. The number of piperazine rings is 1. The van der Waals surface area contributed by atoms with Crippen LogP contribution in [0.5, 0.6) is 0 Å². The summed E-state index contributed by atoms with van der Waals surface area (Å²) in [4.78, 5) is 19.3. The van der Waals surface area contributed by atoms with E-state index in [2.05, 4.69) is 52.3 Å². The van der Waals surface area contributed by atoms with E-state index in [-0.39, 0.29) is 29.9 Å². The number of rotatable bonds is 6. The highest BCUT2D eigenvalue weighted by Crippen LogP contribution is 2.50. The van der Waals surface area contributed by atoms with Crippen molar-refractivity contribution in [3.63, 3.8) is 0 Å². The molecule has 3 aliphatic heterocycles. The van der Waals surface area contributed by atoms with Crippen molar-refractivity contribution >= 4 is 17.5 Å². The SMILES string of the molecule is C=CC(=O)N1CCN(C2NC(OCC3CCCN3C)NC3C[C@]4(CCc5c(Cl)cccc5C4)CCC32)CC1CC#N. The molecule has 2 aliphatic carbocycles. The molecule has 0 aromatic heterocycles. The number of fused-ring (bicyclic) bond motifs is 2. The number of likely N-dealkylation sites (tertiary alicyclic amines) is 1. The van der Waals surface area contributed by atoms with E-state index < -0.39 is 0 Å². The first-order valence-corrected chi connectivity index (χ1v) is 15.9. The molecule has 6 rings (SSSR count). The smallest absolute Gasteiger partial charge is 0.246 e. The molecule has 5 aliphatic rings.